The molecule has 0 atom stereocenters. The highest BCUT2D eigenvalue weighted by Crippen LogP contribution is 2.25. The molecule has 98 valence electrons. The number of amides is 1. The minimum atomic E-state index is 0.177. The van der Waals surface area contributed by atoms with E-state index in [1.54, 1.807) is 11.8 Å². The van der Waals surface area contributed by atoms with Crippen molar-refractivity contribution in [2.45, 2.75) is 18.7 Å². The van der Waals surface area contributed by atoms with Crippen molar-refractivity contribution in [2.24, 2.45) is 0 Å². The van der Waals surface area contributed by atoms with Gasteiger partial charge in [0, 0.05) is 31.1 Å². The Morgan fingerprint density at radius 2 is 2.11 bits per heavy atom. The smallest absolute Gasteiger partial charge is 0.255 e. The number of carbonyl (C=O) groups is 1. The zero-order valence-electron chi connectivity index (χ0n) is 11.0. The predicted octanol–water partition coefficient (Wildman–Crippen LogP) is 2.15. The van der Waals surface area contributed by atoms with E-state index in [0.29, 0.717) is 0 Å². The maximum Gasteiger partial charge on any atom is 0.255 e. The fourth-order valence-electron chi connectivity index (χ4n) is 2.13. The van der Waals surface area contributed by atoms with Gasteiger partial charge in [0.15, 0.2) is 0 Å². The van der Waals surface area contributed by atoms with Gasteiger partial charge < -0.3 is 10.2 Å². The summed E-state index contributed by atoms with van der Waals surface area (Å²) in [6, 6.07) is 6.16. The van der Waals surface area contributed by atoms with Gasteiger partial charge >= 0.3 is 0 Å². The molecule has 1 saturated heterocycles. The van der Waals surface area contributed by atoms with Gasteiger partial charge in [-0.15, -0.1) is 11.8 Å². The summed E-state index contributed by atoms with van der Waals surface area (Å²) in [7, 11) is 0. The number of piperazine rings is 1. The van der Waals surface area contributed by atoms with Gasteiger partial charge in [0.1, 0.15) is 0 Å². The lowest BCUT2D eigenvalue weighted by Crippen LogP contribution is -2.46. The van der Waals surface area contributed by atoms with E-state index in [9.17, 15) is 4.79 Å². The zero-order valence-corrected chi connectivity index (χ0v) is 11.8. The topological polar surface area (TPSA) is 32.3 Å². The van der Waals surface area contributed by atoms with Crippen molar-refractivity contribution >= 4 is 17.7 Å². The number of thioether (sulfide) groups is 1. The Bertz CT molecular complexity index is 428. The first kappa shape index (κ1) is 13.4. The first-order valence-electron chi connectivity index (χ1n) is 6.46. The number of rotatable bonds is 3. The standard InChI is InChI=1S/C14H20N2OS/c1-3-18-13-5-4-11(2)10-12(13)14(17)16-8-6-15-7-9-16/h4-5,10,15H,3,6-9H2,1-2H3. The molecule has 1 aliphatic heterocycles. The minimum Gasteiger partial charge on any atom is -0.336 e. The maximum absolute atomic E-state index is 12.5. The average molecular weight is 264 g/mol. The molecular formula is C14H20N2OS. The monoisotopic (exact) mass is 264 g/mol. The van der Waals surface area contributed by atoms with E-state index in [2.05, 4.69) is 24.4 Å². The second-order valence-corrected chi connectivity index (χ2v) is 5.78. The van der Waals surface area contributed by atoms with E-state index in [0.717, 1.165) is 48.0 Å². The molecule has 18 heavy (non-hydrogen) atoms. The molecule has 0 saturated carbocycles. The van der Waals surface area contributed by atoms with E-state index in [4.69, 9.17) is 0 Å². The molecule has 1 aliphatic rings. The second kappa shape index (κ2) is 6.25. The van der Waals surface area contributed by atoms with Crippen molar-refractivity contribution in [1.29, 1.82) is 0 Å². The van der Waals surface area contributed by atoms with Crippen LogP contribution in [0.25, 0.3) is 0 Å². The Morgan fingerprint density at radius 3 is 2.78 bits per heavy atom. The molecule has 0 radical (unpaired) electrons. The lowest BCUT2D eigenvalue weighted by molar-refractivity contribution is 0.0732. The van der Waals surface area contributed by atoms with Crippen LogP contribution in [-0.4, -0.2) is 42.7 Å². The summed E-state index contributed by atoms with van der Waals surface area (Å²) in [5.41, 5.74) is 2.01. The number of carbonyl (C=O) groups excluding carboxylic acids is 1. The summed E-state index contributed by atoms with van der Waals surface area (Å²) in [5.74, 6) is 1.17. The van der Waals surface area contributed by atoms with Gasteiger partial charge in [-0.3, -0.25) is 4.79 Å². The van der Waals surface area contributed by atoms with Crippen LogP contribution in [0.2, 0.25) is 0 Å². The van der Waals surface area contributed by atoms with Crippen LogP contribution in [-0.2, 0) is 0 Å². The largest absolute Gasteiger partial charge is 0.336 e. The number of aryl methyl sites for hydroxylation is 1. The van der Waals surface area contributed by atoms with Crippen LogP contribution in [0.5, 0.6) is 0 Å². The summed E-state index contributed by atoms with van der Waals surface area (Å²) in [4.78, 5) is 15.6. The third kappa shape index (κ3) is 3.06. The highest BCUT2D eigenvalue weighted by Gasteiger charge is 2.20. The van der Waals surface area contributed by atoms with Gasteiger partial charge in [-0.1, -0.05) is 18.6 Å². The molecule has 1 amide bonds. The fourth-order valence-corrected chi connectivity index (χ4v) is 2.91. The molecule has 0 spiro atoms. The Balaban J connectivity index is 2.24. The third-order valence-corrected chi connectivity index (χ3v) is 4.03. The lowest BCUT2D eigenvalue weighted by Gasteiger charge is -2.28. The molecule has 0 bridgehead atoms. The van der Waals surface area contributed by atoms with Crippen molar-refractivity contribution in [3.05, 3.63) is 29.3 Å². The highest BCUT2D eigenvalue weighted by atomic mass is 32.2. The third-order valence-electron chi connectivity index (χ3n) is 3.07. The summed E-state index contributed by atoms with van der Waals surface area (Å²) in [6.07, 6.45) is 0. The lowest BCUT2D eigenvalue weighted by atomic mass is 10.1. The van der Waals surface area contributed by atoms with E-state index in [1.165, 1.54) is 0 Å². The molecule has 0 aromatic heterocycles. The van der Waals surface area contributed by atoms with Crippen molar-refractivity contribution < 1.29 is 4.79 Å². The quantitative estimate of drug-likeness (QED) is 0.849. The molecular weight excluding hydrogens is 244 g/mol. The van der Waals surface area contributed by atoms with E-state index in [-0.39, 0.29) is 5.91 Å². The zero-order chi connectivity index (χ0) is 13.0. The Morgan fingerprint density at radius 1 is 1.39 bits per heavy atom. The van der Waals surface area contributed by atoms with E-state index < -0.39 is 0 Å². The van der Waals surface area contributed by atoms with E-state index >= 15 is 0 Å². The normalized spacial score (nSPS) is 15.8. The Kier molecular flexibility index (Phi) is 4.66. The first-order chi connectivity index (χ1) is 8.72. The number of nitrogens with zero attached hydrogens (tertiary/aromatic N) is 1. The van der Waals surface area contributed by atoms with Crippen LogP contribution in [0.15, 0.2) is 23.1 Å². The SMILES string of the molecule is CCSc1ccc(C)cc1C(=O)N1CCNCC1. The van der Waals surface area contributed by atoms with Gasteiger partial charge in [0.25, 0.3) is 5.91 Å². The highest BCUT2D eigenvalue weighted by molar-refractivity contribution is 7.99. The van der Waals surface area contributed by atoms with Gasteiger partial charge in [0.2, 0.25) is 0 Å². The van der Waals surface area contributed by atoms with Crippen LogP contribution in [0.4, 0.5) is 0 Å². The molecule has 4 heteroatoms. The van der Waals surface area contributed by atoms with Gasteiger partial charge in [0.05, 0.1) is 5.56 Å². The summed E-state index contributed by atoms with van der Waals surface area (Å²) in [6.45, 7) is 7.56. The van der Waals surface area contributed by atoms with Gasteiger partial charge in [-0.05, 0) is 24.8 Å². The fraction of sp³-hybridized carbons (Fsp3) is 0.500. The number of nitrogens with one attached hydrogen (secondary N) is 1. The van der Waals surface area contributed by atoms with Crippen molar-refractivity contribution in [3.8, 4) is 0 Å². The van der Waals surface area contributed by atoms with Crippen LogP contribution >= 0.6 is 11.8 Å². The molecule has 0 unspecified atom stereocenters. The minimum absolute atomic E-state index is 0.177. The van der Waals surface area contributed by atoms with Crippen molar-refractivity contribution in [2.75, 3.05) is 31.9 Å². The van der Waals surface area contributed by atoms with Gasteiger partial charge in [-0.2, -0.15) is 0 Å². The van der Waals surface area contributed by atoms with Crippen molar-refractivity contribution in [1.82, 2.24) is 10.2 Å². The number of hydrogen-bond donors (Lipinski definition) is 1. The van der Waals surface area contributed by atoms with Crippen LogP contribution in [0, 0.1) is 6.92 Å². The maximum atomic E-state index is 12.5. The summed E-state index contributed by atoms with van der Waals surface area (Å²) in [5, 5.41) is 3.27. The van der Waals surface area contributed by atoms with E-state index in [1.807, 2.05) is 17.9 Å². The molecule has 2 rings (SSSR count). The molecule has 0 aliphatic carbocycles. The number of benzene rings is 1. The molecule has 1 fully saturated rings. The summed E-state index contributed by atoms with van der Waals surface area (Å²) < 4.78 is 0. The second-order valence-electron chi connectivity index (χ2n) is 4.47. The molecule has 1 N–H and O–H groups in total. The Hall–Kier alpha value is -1.00. The van der Waals surface area contributed by atoms with Crippen LogP contribution in [0.3, 0.4) is 0 Å². The Labute approximate surface area is 113 Å². The van der Waals surface area contributed by atoms with Gasteiger partial charge in [-0.25, -0.2) is 0 Å². The van der Waals surface area contributed by atoms with Crippen LogP contribution < -0.4 is 5.32 Å². The molecule has 1 heterocycles. The molecule has 1 aromatic rings. The average Bonchev–Trinajstić information content (AvgIpc) is 2.41. The predicted molar refractivity (Wildman–Crippen MR) is 76.4 cm³/mol. The van der Waals surface area contributed by atoms with Crippen molar-refractivity contribution in [3.63, 3.8) is 0 Å². The number of hydrogen-bond acceptors (Lipinski definition) is 3. The first-order valence-corrected chi connectivity index (χ1v) is 7.44. The summed E-state index contributed by atoms with van der Waals surface area (Å²) >= 11 is 1.74. The molecule has 3 nitrogen and oxygen atoms in total. The molecule has 1 aromatic carbocycles. The van der Waals surface area contributed by atoms with Crippen LogP contribution in [0.1, 0.15) is 22.8 Å².